The number of carbonyl (C=O) groups excluding carboxylic acids is 1. The lowest BCUT2D eigenvalue weighted by atomic mass is 10.2. The van der Waals surface area contributed by atoms with Crippen molar-refractivity contribution in [1.82, 2.24) is 19.6 Å². The summed E-state index contributed by atoms with van der Waals surface area (Å²) in [4.78, 5) is 23.6. The van der Waals surface area contributed by atoms with E-state index >= 15 is 0 Å². The van der Waals surface area contributed by atoms with Crippen LogP contribution in [0.1, 0.15) is 26.4 Å². The van der Waals surface area contributed by atoms with E-state index in [1.807, 2.05) is 12.1 Å². The number of hydrogen-bond donors (Lipinski definition) is 2. The zero-order chi connectivity index (χ0) is 18.8. The number of aryl methyl sites for hydroxylation is 1. The third-order valence-corrected chi connectivity index (χ3v) is 4.31. The number of nitrogens with one attached hydrogen (secondary N) is 1. The standard InChI is InChI=1S/C16H13BrClN5O3/c1-22-7-11(16(25)26)13(20-22)15(24)19-14-12(17)8-23(21-14)6-9-2-4-10(18)5-3-9/h2-5,7-8H,6H2,1H3,(H,25,26)(H,19,21,24). The van der Waals surface area contributed by atoms with Crippen LogP contribution in [0.3, 0.4) is 0 Å². The van der Waals surface area contributed by atoms with Gasteiger partial charge in [-0.1, -0.05) is 23.7 Å². The predicted molar refractivity (Wildman–Crippen MR) is 98.6 cm³/mol. The van der Waals surface area contributed by atoms with Crippen LogP contribution in [0.15, 0.2) is 41.1 Å². The summed E-state index contributed by atoms with van der Waals surface area (Å²) >= 11 is 9.20. The second-order valence-corrected chi connectivity index (χ2v) is 6.76. The monoisotopic (exact) mass is 437 g/mol. The van der Waals surface area contributed by atoms with Crippen molar-refractivity contribution in [3.05, 3.63) is 63.0 Å². The van der Waals surface area contributed by atoms with Crippen molar-refractivity contribution in [2.45, 2.75) is 6.54 Å². The molecule has 0 atom stereocenters. The van der Waals surface area contributed by atoms with Gasteiger partial charge in [0.15, 0.2) is 11.5 Å². The zero-order valence-corrected chi connectivity index (χ0v) is 15.8. The van der Waals surface area contributed by atoms with Crippen molar-refractivity contribution >= 4 is 45.2 Å². The van der Waals surface area contributed by atoms with Gasteiger partial charge in [0, 0.05) is 24.5 Å². The van der Waals surface area contributed by atoms with Crippen LogP contribution in [-0.2, 0) is 13.6 Å². The molecule has 0 saturated heterocycles. The maximum atomic E-state index is 12.4. The molecule has 0 unspecified atom stereocenters. The number of rotatable bonds is 5. The molecule has 0 saturated carbocycles. The van der Waals surface area contributed by atoms with Crippen molar-refractivity contribution in [2.75, 3.05) is 5.32 Å². The zero-order valence-electron chi connectivity index (χ0n) is 13.5. The summed E-state index contributed by atoms with van der Waals surface area (Å²) in [6.07, 6.45) is 2.98. The fourth-order valence-electron chi connectivity index (χ4n) is 2.32. The second kappa shape index (κ2) is 7.30. The predicted octanol–water partition coefficient (Wildman–Crippen LogP) is 3.03. The Hall–Kier alpha value is -2.65. The summed E-state index contributed by atoms with van der Waals surface area (Å²) in [5.74, 6) is -1.61. The maximum absolute atomic E-state index is 12.4. The highest BCUT2D eigenvalue weighted by molar-refractivity contribution is 9.10. The molecule has 1 amide bonds. The summed E-state index contributed by atoms with van der Waals surface area (Å²) in [7, 11) is 1.54. The molecule has 26 heavy (non-hydrogen) atoms. The van der Waals surface area contributed by atoms with E-state index in [0.29, 0.717) is 16.0 Å². The van der Waals surface area contributed by atoms with E-state index in [2.05, 4.69) is 31.4 Å². The van der Waals surface area contributed by atoms with Gasteiger partial charge in [-0.15, -0.1) is 0 Å². The first-order valence-corrected chi connectivity index (χ1v) is 8.56. The normalized spacial score (nSPS) is 10.7. The van der Waals surface area contributed by atoms with Gasteiger partial charge in [0.1, 0.15) is 5.56 Å². The van der Waals surface area contributed by atoms with Crippen LogP contribution < -0.4 is 5.32 Å². The van der Waals surface area contributed by atoms with Crippen LogP contribution >= 0.6 is 27.5 Å². The fourth-order valence-corrected chi connectivity index (χ4v) is 2.86. The molecule has 2 heterocycles. The number of benzene rings is 1. The quantitative estimate of drug-likeness (QED) is 0.637. The van der Waals surface area contributed by atoms with E-state index in [4.69, 9.17) is 16.7 Å². The summed E-state index contributed by atoms with van der Waals surface area (Å²) in [6.45, 7) is 0.482. The van der Waals surface area contributed by atoms with E-state index < -0.39 is 11.9 Å². The fraction of sp³-hybridized carbons (Fsp3) is 0.125. The van der Waals surface area contributed by atoms with Crippen molar-refractivity contribution in [3.8, 4) is 0 Å². The summed E-state index contributed by atoms with van der Waals surface area (Å²) in [5.41, 5.74) is 0.626. The van der Waals surface area contributed by atoms with Crippen LogP contribution in [0.5, 0.6) is 0 Å². The molecule has 0 aliphatic heterocycles. The van der Waals surface area contributed by atoms with Crippen molar-refractivity contribution in [3.63, 3.8) is 0 Å². The highest BCUT2D eigenvalue weighted by Gasteiger charge is 2.22. The molecule has 0 radical (unpaired) electrons. The van der Waals surface area contributed by atoms with Gasteiger partial charge < -0.3 is 10.4 Å². The molecule has 134 valence electrons. The number of nitrogens with zero attached hydrogens (tertiary/aromatic N) is 4. The van der Waals surface area contributed by atoms with Gasteiger partial charge in [0.05, 0.1) is 11.0 Å². The van der Waals surface area contributed by atoms with Crippen molar-refractivity contribution in [2.24, 2.45) is 7.05 Å². The first kappa shape index (κ1) is 18.2. The molecule has 1 aromatic carbocycles. The molecule has 0 bridgehead atoms. The molecule has 0 spiro atoms. The summed E-state index contributed by atoms with van der Waals surface area (Å²) in [5, 5.41) is 20.6. The van der Waals surface area contributed by atoms with Gasteiger partial charge >= 0.3 is 5.97 Å². The number of anilines is 1. The molecule has 0 aliphatic rings. The highest BCUT2D eigenvalue weighted by Crippen LogP contribution is 2.22. The van der Waals surface area contributed by atoms with Crippen molar-refractivity contribution in [1.29, 1.82) is 0 Å². The van der Waals surface area contributed by atoms with Gasteiger partial charge in [-0.25, -0.2) is 4.79 Å². The third kappa shape index (κ3) is 3.94. The minimum Gasteiger partial charge on any atom is -0.478 e. The highest BCUT2D eigenvalue weighted by atomic mass is 79.9. The molecular weight excluding hydrogens is 426 g/mol. The summed E-state index contributed by atoms with van der Waals surface area (Å²) < 4.78 is 3.47. The van der Waals surface area contributed by atoms with E-state index in [-0.39, 0.29) is 17.1 Å². The van der Waals surface area contributed by atoms with Crippen LogP contribution in [0.25, 0.3) is 0 Å². The molecular formula is C16H13BrClN5O3. The van der Waals surface area contributed by atoms with E-state index in [0.717, 1.165) is 5.56 Å². The number of hydrogen-bond acceptors (Lipinski definition) is 4. The second-order valence-electron chi connectivity index (χ2n) is 5.47. The van der Waals surface area contributed by atoms with Gasteiger partial charge in [-0.2, -0.15) is 10.2 Å². The number of carboxylic acid groups (broad SMARTS) is 1. The lowest BCUT2D eigenvalue weighted by molar-refractivity contribution is 0.0692. The van der Waals surface area contributed by atoms with E-state index in [1.165, 1.54) is 10.9 Å². The van der Waals surface area contributed by atoms with Gasteiger partial charge in [-0.05, 0) is 33.6 Å². The summed E-state index contributed by atoms with van der Waals surface area (Å²) in [6, 6.07) is 7.33. The Balaban J connectivity index is 1.78. The Morgan fingerprint density at radius 2 is 1.92 bits per heavy atom. The number of carboxylic acids is 1. The molecule has 3 aromatic rings. The molecule has 0 aliphatic carbocycles. The SMILES string of the molecule is Cn1cc(C(=O)O)c(C(=O)Nc2nn(Cc3ccc(Cl)cc3)cc2Br)n1. The Labute approximate surface area is 161 Å². The van der Waals surface area contributed by atoms with Crippen molar-refractivity contribution < 1.29 is 14.7 Å². The van der Waals surface area contributed by atoms with Gasteiger partial charge in [-0.3, -0.25) is 14.2 Å². The number of carbonyl (C=O) groups is 2. The Morgan fingerprint density at radius 3 is 2.58 bits per heavy atom. The Kier molecular flexibility index (Phi) is 5.10. The molecule has 3 rings (SSSR count). The molecule has 8 nitrogen and oxygen atoms in total. The minimum absolute atomic E-state index is 0.179. The number of aromatic nitrogens is 4. The lowest BCUT2D eigenvalue weighted by Crippen LogP contribution is -2.17. The third-order valence-electron chi connectivity index (χ3n) is 3.48. The molecule has 0 fully saturated rings. The van der Waals surface area contributed by atoms with Crippen LogP contribution in [0, 0.1) is 0 Å². The number of aromatic carboxylic acids is 1. The van der Waals surface area contributed by atoms with Crippen LogP contribution in [0.2, 0.25) is 5.02 Å². The number of amides is 1. The average Bonchev–Trinajstić information content (AvgIpc) is 3.13. The van der Waals surface area contributed by atoms with E-state index in [1.54, 1.807) is 30.1 Å². The van der Waals surface area contributed by atoms with Crippen LogP contribution in [0.4, 0.5) is 5.82 Å². The van der Waals surface area contributed by atoms with Crippen LogP contribution in [-0.4, -0.2) is 36.5 Å². The number of halogens is 2. The first-order valence-electron chi connectivity index (χ1n) is 7.39. The Bertz CT molecular complexity index is 980. The molecule has 10 heteroatoms. The topological polar surface area (TPSA) is 102 Å². The average molecular weight is 439 g/mol. The molecule has 2 N–H and O–H groups in total. The smallest absolute Gasteiger partial charge is 0.339 e. The lowest BCUT2D eigenvalue weighted by Gasteiger charge is -2.03. The largest absolute Gasteiger partial charge is 0.478 e. The maximum Gasteiger partial charge on any atom is 0.339 e. The Morgan fingerprint density at radius 1 is 1.23 bits per heavy atom. The van der Waals surface area contributed by atoms with E-state index in [9.17, 15) is 9.59 Å². The van der Waals surface area contributed by atoms with Gasteiger partial charge in [0.2, 0.25) is 0 Å². The minimum atomic E-state index is -1.23. The van der Waals surface area contributed by atoms with Gasteiger partial charge in [0.25, 0.3) is 5.91 Å². The first-order chi connectivity index (χ1) is 12.3. The molecule has 2 aromatic heterocycles.